The minimum Gasteiger partial charge on any atom is -0.492 e. The van der Waals surface area contributed by atoms with Crippen molar-refractivity contribution in [2.24, 2.45) is 5.92 Å². The summed E-state index contributed by atoms with van der Waals surface area (Å²) < 4.78 is 12.2. The molecule has 4 amide bonds. The molecule has 1 fully saturated rings. The average molecular weight is 624 g/mol. The van der Waals surface area contributed by atoms with Gasteiger partial charge in [-0.25, -0.2) is 0 Å². The summed E-state index contributed by atoms with van der Waals surface area (Å²) in [5.74, 6) is -1.14. The molecule has 244 valence electrons. The molecule has 0 aliphatic carbocycles. The summed E-state index contributed by atoms with van der Waals surface area (Å²) in [6, 6.07) is 13.4. The molecule has 5 rings (SSSR count). The maximum atomic E-state index is 13.8. The van der Waals surface area contributed by atoms with Crippen LogP contribution in [0.1, 0.15) is 39.2 Å². The monoisotopic (exact) mass is 623 g/mol. The van der Waals surface area contributed by atoms with Gasteiger partial charge in [0.15, 0.2) is 5.60 Å². The van der Waals surface area contributed by atoms with E-state index in [9.17, 15) is 24.3 Å². The molecule has 3 aliphatic rings. The van der Waals surface area contributed by atoms with Crippen molar-refractivity contribution in [1.29, 1.82) is 0 Å². The maximum absolute atomic E-state index is 13.8. The van der Waals surface area contributed by atoms with Gasteiger partial charge in [-0.2, -0.15) is 0 Å². The second-order valence-electron chi connectivity index (χ2n) is 11.9. The van der Waals surface area contributed by atoms with Crippen molar-refractivity contribution in [3.05, 3.63) is 60.2 Å². The summed E-state index contributed by atoms with van der Waals surface area (Å²) in [7, 11) is 0. The topological polar surface area (TPSA) is 158 Å². The Bertz CT molecular complexity index is 1300. The van der Waals surface area contributed by atoms with E-state index >= 15 is 0 Å². The van der Waals surface area contributed by atoms with Crippen molar-refractivity contribution in [1.82, 2.24) is 26.2 Å². The van der Waals surface area contributed by atoms with E-state index in [1.807, 2.05) is 30.3 Å². The van der Waals surface area contributed by atoms with Crippen LogP contribution >= 0.6 is 0 Å². The number of amides is 4. The van der Waals surface area contributed by atoms with Crippen molar-refractivity contribution in [2.75, 3.05) is 39.4 Å². The quantitative estimate of drug-likeness (QED) is 0.306. The molecule has 0 radical (unpaired) electrons. The van der Waals surface area contributed by atoms with Crippen LogP contribution in [0, 0.1) is 5.92 Å². The summed E-state index contributed by atoms with van der Waals surface area (Å²) in [6.07, 6.45) is 0.958. The summed E-state index contributed by atoms with van der Waals surface area (Å²) >= 11 is 0. The van der Waals surface area contributed by atoms with Crippen LogP contribution < -0.4 is 30.7 Å². The lowest BCUT2D eigenvalue weighted by molar-refractivity contribution is -0.144. The molecule has 3 heterocycles. The number of fused-ring (bicyclic) bond motifs is 15. The second-order valence-corrected chi connectivity index (χ2v) is 11.9. The predicted octanol–water partition coefficient (Wildman–Crippen LogP) is 0.774. The number of hydrogen-bond acceptors (Lipinski definition) is 8. The minimum absolute atomic E-state index is 0.0139. The van der Waals surface area contributed by atoms with Gasteiger partial charge in [-0.05, 0) is 42.7 Å². The van der Waals surface area contributed by atoms with Gasteiger partial charge in [-0.1, -0.05) is 44.2 Å². The molecule has 2 aromatic rings. The number of benzene rings is 2. The average Bonchev–Trinajstić information content (AvgIpc) is 3.03. The number of aliphatic hydroxyl groups is 1. The molecule has 1 saturated heterocycles. The Hall–Kier alpha value is -4.16. The number of piperidine rings is 1. The van der Waals surface area contributed by atoms with E-state index in [0.29, 0.717) is 44.0 Å². The van der Waals surface area contributed by atoms with Crippen LogP contribution in [0.5, 0.6) is 11.5 Å². The van der Waals surface area contributed by atoms with Crippen LogP contribution in [-0.4, -0.2) is 96.8 Å². The van der Waals surface area contributed by atoms with Gasteiger partial charge in [0, 0.05) is 38.9 Å². The maximum Gasteiger partial charge on any atom is 0.264 e. The van der Waals surface area contributed by atoms with Gasteiger partial charge in [0.25, 0.3) is 5.91 Å². The smallest absolute Gasteiger partial charge is 0.264 e. The largest absolute Gasteiger partial charge is 0.492 e. The number of nitrogens with zero attached hydrogens (tertiary/aromatic N) is 1. The van der Waals surface area contributed by atoms with Crippen LogP contribution in [0.2, 0.25) is 0 Å². The number of hydrogen-bond donors (Lipinski definition) is 5. The highest BCUT2D eigenvalue weighted by atomic mass is 16.5. The Kier molecular flexibility index (Phi) is 11.8. The number of aliphatic hydroxyl groups excluding tert-OH is 1. The minimum atomic E-state index is -1.24. The third kappa shape index (κ3) is 9.18. The van der Waals surface area contributed by atoms with Crippen LogP contribution in [0.4, 0.5) is 0 Å². The van der Waals surface area contributed by atoms with Crippen LogP contribution in [0.3, 0.4) is 0 Å². The van der Waals surface area contributed by atoms with E-state index in [4.69, 9.17) is 9.47 Å². The highest BCUT2D eigenvalue weighted by molar-refractivity contribution is 5.95. The molecular formula is C33H45N5O7. The van der Waals surface area contributed by atoms with Crippen molar-refractivity contribution in [3.8, 4) is 11.5 Å². The van der Waals surface area contributed by atoms with Gasteiger partial charge >= 0.3 is 0 Å². The van der Waals surface area contributed by atoms with Crippen molar-refractivity contribution >= 4 is 23.6 Å². The third-order valence-corrected chi connectivity index (χ3v) is 8.20. The van der Waals surface area contributed by atoms with Crippen LogP contribution in [0.15, 0.2) is 54.6 Å². The van der Waals surface area contributed by atoms with E-state index in [2.05, 4.69) is 26.2 Å². The first-order chi connectivity index (χ1) is 21.6. The summed E-state index contributed by atoms with van der Waals surface area (Å²) in [6.45, 7) is 7.10. The van der Waals surface area contributed by atoms with E-state index < -0.39 is 41.4 Å². The number of likely N-dealkylation sites (tertiary alicyclic amines) is 1. The van der Waals surface area contributed by atoms with Crippen molar-refractivity contribution in [3.63, 3.8) is 0 Å². The van der Waals surface area contributed by atoms with Gasteiger partial charge in [0.1, 0.15) is 36.2 Å². The van der Waals surface area contributed by atoms with Crippen LogP contribution in [0.25, 0.3) is 0 Å². The van der Waals surface area contributed by atoms with Gasteiger partial charge in [-0.3, -0.25) is 19.2 Å². The van der Waals surface area contributed by atoms with Crippen molar-refractivity contribution < 1.29 is 33.8 Å². The number of β-amino-alcohol motifs (C(OH)–C–C–N with tert-alkyl or cyclic N) is 1. The van der Waals surface area contributed by atoms with E-state index in [-0.39, 0.29) is 38.0 Å². The zero-order valence-electron chi connectivity index (χ0n) is 26.2. The van der Waals surface area contributed by atoms with Crippen molar-refractivity contribution in [2.45, 2.75) is 63.8 Å². The Morgan fingerprint density at radius 2 is 1.56 bits per heavy atom. The first-order valence-corrected chi connectivity index (χ1v) is 15.6. The molecule has 0 aromatic heterocycles. The van der Waals surface area contributed by atoms with Gasteiger partial charge in [0.2, 0.25) is 17.7 Å². The number of rotatable bonds is 5. The summed E-state index contributed by atoms with van der Waals surface area (Å²) in [5, 5.41) is 20.6. The lowest BCUT2D eigenvalue weighted by Gasteiger charge is -2.41. The molecule has 5 N–H and O–H groups in total. The third-order valence-electron chi connectivity index (χ3n) is 8.20. The Labute approximate surface area is 264 Å². The highest BCUT2D eigenvalue weighted by Gasteiger charge is 2.45. The zero-order valence-corrected chi connectivity index (χ0v) is 26.2. The summed E-state index contributed by atoms with van der Waals surface area (Å²) in [4.78, 5) is 56.0. The van der Waals surface area contributed by atoms with E-state index in [1.165, 1.54) is 0 Å². The predicted molar refractivity (Wildman–Crippen MR) is 168 cm³/mol. The summed E-state index contributed by atoms with van der Waals surface area (Å²) in [5.41, 5.74) is -0.378. The number of carbonyl (C=O) groups excluding carboxylic acids is 4. The number of nitrogens with one attached hydrogen (secondary N) is 4. The normalized spacial score (nSPS) is 23.7. The molecule has 12 nitrogen and oxygen atoms in total. The lowest BCUT2D eigenvalue weighted by Crippen LogP contribution is -2.62. The standard InChI is InChI=1S/C33H45N5O7/c1-22(2)28-31(42)36-27(21-24-7-5-4-6-8-24)30(41)34-15-20-44-25-9-11-26(12-10-25)45-33(13-16-38(17-14-33)18-19-39)32(43)35-23(3)29(40)37-28/h4-12,22-23,27-28,39H,13-21H2,1-3H3,(H,34,41)(H,35,43)(H,36,42)(H,37,40)/t23-,27+,28-/m1/s1. The second kappa shape index (κ2) is 15.7. The highest BCUT2D eigenvalue weighted by Crippen LogP contribution is 2.30. The van der Waals surface area contributed by atoms with E-state index in [0.717, 1.165) is 5.56 Å². The Balaban J connectivity index is 1.59. The fraction of sp³-hybridized carbons (Fsp3) is 0.515. The molecule has 2 aromatic carbocycles. The molecular weight excluding hydrogens is 578 g/mol. The number of ether oxygens (including phenoxy) is 2. The fourth-order valence-corrected chi connectivity index (χ4v) is 5.48. The first-order valence-electron chi connectivity index (χ1n) is 15.6. The molecule has 3 atom stereocenters. The number of carbonyl (C=O) groups is 4. The first kappa shape index (κ1) is 33.7. The SMILES string of the molecule is CC(C)[C@H]1NC(=O)[C@@H](C)NC(=O)C2(CCN(CCO)CC2)Oc2ccc(cc2)OCCNC(=O)[C@H](Cc2ccccc2)NC1=O. The van der Waals surface area contributed by atoms with E-state index in [1.54, 1.807) is 45.0 Å². The van der Waals surface area contributed by atoms with Gasteiger partial charge in [0.05, 0.1) is 13.2 Å². The Morgan fingerprint density at radius 1 is 0.889 bits per heavy atom. The molecule has 45 heavy (non-hydrogen) atoms. The molecule has 12 heteroatoms. The molecule has 0 unspecified atom stereocenters. The van der Waals surface area contributed by atoms with Gasteiger partial charge < -0.3 is 40.7 Å². The molecule has 0 saturated carbocycles. The zero-order chi connectivity index (χ0) is 32.4. The Morgan fingerprint density at radius 3 is 2.20 bits per heavy atom. The van der Waals surface area contributed by atoms with Crippen LogP contribution in [-0.2, 0) is 25.6 Å². The molecule has 2 bridgehead atoms. The van der Waals surface area contributed by atoms with Gasteiger partial charge in [-0.15, -0.1) is 0 Å². The lowest BCUT2D eigenvalue weighted by atomic mass is 9.89. The fourth-order valence-electron chi connectivity index (χ4n) is 5.48. The molecule has 3 aliphatic heterocycles. The molecule has 1 spiro atoms.